The molecular formula is C14H22FN. The van der Waals surface area contributed by atoms with Gasteiger partial charge in [0.05, 0.1) is 0 Å². The van der Waals surface area contributed by atoms with Crippen LogP contribution in [-0.2, 0) is 0 Å². The van der Waals surface area contributed by atoms with Gasteiger partial charge in [-0.15, -0.1) is 0 Å². The van der Waals surface area contributed by atoms with Gasteiger partial charge in [0.1, 0.15) is 5.82 Å². The molecule has 1 aromatic carbocycles. The zero-order valence-corrected chi connectivity index (χ0v) is 10.2. The number of halogens is 1. The minimum atomic E-state index is -0.197. The molecule has 0 spiro atoms. The highest BCUT2D eigenvalue weighted by Gasteiger charge is 2.17. The van der Waals surface area contributed by atoms with Crippen LogP contribution in [0.3, 0.4) is 0 Å². The van der Waals surface area contributed by atoms with Crippen LogP contribution in [0.1, 0.15) is 51.1 Å². The fraction of sp³-hybridized carbons (Fsp3) is 0.571. The zero-order chi connectivity index (χ0) is 12.0. The Morgan fingerprint density at radius 1 is 1.19 bits per heavy atom. The SMILES string of the molecule is CCCCC(CC)C(N)c1ccc(F)cc1. The number of benzene rings is 1. The molecule has 0 aromatic heterocycles. The Balaban J connectivity index is 2.66. The van der Waals surface area contributed by atoms with Crippen LogP contribution in [0.4, 0.5) is 4.39 Å². The maximum Gasteiger partial charge on any atom is 0.123 e. The van der Waals surface area contributed by atoms with Gasteiger partial charge in [-0.05, 0) is 30.0 Å². The van der Waals surface area contributed by atoms with Crippen LogP contribution in [0.25, 0.3) is 0 Å². The molecule has 0 amide bonds. The quantitative estimate of drug-likeness (QED) is 0.773. The predicted octanol–water partition coefficient (Wildman–Crippen LogP) is 4.04. The van der Waals surface area contributed by atoms with Crippen molar-refractivity contribution >= 4 is 0 Å². The molecule has 0 heterocycles. The monoisotopic (exact) mass is 223 g/mol. The first-order valence-corrected chi connectivity index (χ1v) is 6.20. The van der Waals surface area contributed by atoms with Gasteiger partial charge < -0.3 is 5.73 Å². The number of rotatable bonds is 6. The van der Waals surface area contributed by atoms with Crippen molar-refractivity contribution in [3.8, 4) is 0 Å². The average molecular weight is 223 g/mol. The van der Waals surface area contributed by atoms with Crippen molar-refractivity contribution < 1.29 is 4.39 Å². The highest BCUT2D eigenvalue weighted by molar-refractivity contribution is 5.20. The van der Waals surface area contributed by atoms with Gasteiger partial charge in [-0.2, -0.15) is 0 Å². The molecule has 0 aliphatic rings. The highest BCUT2D eigenvalue weighted by atomic mass is 19.1. The fourth-order valence-corrected chi connectivity index (χ4v) is 2.06. The molecule has 0 bridgehead atoms. The summed E-state index contributed by atoms with van der Waals surface area (Å²) in [7, 11) is 0. The normalized spacial score (nSPS) is 14.8. The van der Waals surface area contributed by atoms with Crippen molar-refractivity contribution in [2.75, 3.05) is 0 Å². The molecule has 1 rings (SSSR count). The Hall–Kier alpha value is -0.890. The number of unbranched alkanes of at least 4 members (excludes halogenated alkanes) is 1. The summed E-state index contributed by atoms with van der Waals surface area (Å²) in [6.45, 7) is 4.36. The second kappa shape index (κ2) is 6.64. The van der Waals surface area contributed by atoms with Gasteiger partial charge in [0.2, 0.25) is 0 Å². The Morgan fingerprint density at radius 2 is 1.81 bits per heavy atom. The van der Waals surface area contributed by atoms with E-state index in [9.17, 15) is 4.39 Å². The van der Waals surface area contributed by atoms with Crippen LogP contribution in [0.2, 0.25) is 0 Å². The van der Waals surface area contributed by atoms with E-state index < -0.39 is 0 Å². The molecule has 0 fully saturated rings. The molecular weight excluding hydrogens is 201 g/mol. The van der Waals surface area contributed by atoms with E-state index in [1.54, 1.807) is 12.1 Å². The lowest BCUT2D eigenvalue weighted by Crippen LogP contribution is -2.21. The molecule has 0 aliphatic carbocycles. The van der Waals surface area contributed by atoms with E-state index in [0.29, 0.717) is 5.92 Å². The third-order valence-electron chi connectivity index (χ3n) is 3.22. The molecule has 16 heavy (non-hydrogen) atoms. The molecule has 0 aliphatic heterocycles. The van der Waals surface area contributed by atoms with Crippen molar-refractivity contribution in [3.05, 3.63) is 35.6 Å². The van der Waals surface area contributed by atoms with Crippen LogP contribution in [-0.4, -0.2) is 0 Å². The molecule has 2 unspecified atom stereocenters. The molecule has 90 valence electrons. The van der Waals surface area contributed by atoms with Crippen molar-refractivity contribution in [1.29, 1.82) is 0 Å². The second-order valence-electron chi connectivity index (χ2n) is 4.39. The molecule has 0 saturated carbocycles. The van der Waals surface area contributed by atoms with E-state index in [4.69, 9.17) is 5.73 Å². The van der Waals surface area contributed by atoms with E-state index in [-0.39, 0.29) is 11.9 Å². The molecule has 1 nitrogen and oxygen atoms in total. The molecule has 0 saturated heterocycles. The maximum atomic E-state index is 12.8. The first-order valence-electron chi connectivity index (χ1n) is 6.20. The Morgan fingerprint density at radius 3 is 2.31 bits per heavy atom. The van der Waals surface area contributed by atoms with Crippen LogP contribution in [0, 0.1) is 11.7 Å². The van der Waals surface area contributed by atoms with Crippen LogP contribution in [0.15, 0.2) is 24.3 Å². The Kier molecular flexibility index (Phi) is 5.47. The topological polar surface area (TPSA) is 26.0 Å². The van der Waals surface area contributed by atoms with Gasteiger partial charge in [-0.1, -0.05) is 45.2 Å². The second-order valence-corrected chi connectivity index (χ2v) is 4.39. The van der Waals surface area contributed by atoms with E-state index in [0.717, 1.165) is 18.4 Å². The smallest absolute Gasteiger partial charge is 0.123 e. The standard InChI is InChI=1S/C14H22FN/c1-3-5-6-11(4-2)14(16)12-7-9-13(15)10-8-12/h7-11,14H,3-6,16H2,1-2H3. The summed E-state index contributed by atoms with van der Waals surface area (Å²) < 4.78 is 12.8. The zero-order valence-electron chi connectivity index (χ0n) is 10.2. The predicted molar refractivity (Wildman–Crippen MR) is 66.6 cm³/mol. The van der Waals surface area contributed by atoms with Crippen LogP contribution < -0.4 is 5.73 Å². The van der Waals surface area contributed by atoms with E-state index in [1.807, 2.05) is 0 Å². The van der Waals surface area contributed by atoms with Gasteiger partial charge in [0.25, 0.3) is 0 Å². The lowest BCUT2D eigenvalue weighted by molar-refractivity contribution is 0.378. The molecule has 2 N–H and O–H groups in total. The first-order chi connectivity index (χ1) is 7.69. The highest BCUT2D eigenvalue weighted by Crippen LogP contribution is 2.26. The van der Waals surface area contributed by atoms with Gasteiger partial charge >= 0.3 is 0 Å². The molecule has 2 heteroatoms. The Labute approximate surface area is 97.9 Å². The summed E-state index contributed by atoms with van der Waals surface area (Å²) >= 11 is 0. The number of hydrogen-bond acceptors (Lipinski definition) is 1. The first kappa shape index (κ1) is 13.2. The summed E-state index contributed by atoms with van der Waals surface area (Å²) in [6, 6.07) is 6.62. The largest absolute Gasteiger partial charge is 0.324 e. The summed E-state index contributed by atoms with van der Waals surface area (Å²) in [5.74, 6) is 0.308. The summed E-state index contributed by atoms with van der Waals surface area (Å²) in [4.78, 5) is 0. The van der Waals surface area contributed by atoms with Crippen molar-refractivity contribution in [1.82, 2.24) is 0 Å². The maximum absolute atomic E-state index is 12.8. The van der Waals surface area contributed by atoms with Gasteiger partial charge in [-0.25, -0.2) is 4.39 Å². The van der Waals surface area contributed by atoms with E-state index >= 15 is 0 Å². The minimum absolute atomic E-state index is 0.0390. The van der Waals surface area contributed by atoms with Crippen LogP contribution in [0.5, 0.6) is 0 Å². The lowest BCUT2D eigenvalue weighted by atomic mass is 9.87. The number of hydrogen-bond donors (Lipinski definition) is 1. The van der Waals surface area contributed by atoms with Crippen molar-refractivity contribution in [3.63, 3.8) is 0 Å². The fourth-order valence-electron chi connectivity index (χ4n) is 2.06. The van der Waals surface area contributed by atoms with Crippen molar-refractivity contribution in [2.45, 2.75) is 45.6 Å². The van der Waals surface area contributed by atoms with E-state index in [2.05, 4.69) is 13.8 Å². The van der Waals surface area contributed by atoms with Gasteiger partial charge in [0, 0.05) is 6.04 Å². The number of nitrogens with two attached hydrogens (primary N) is 1. The summed E-state index contributed by atoms with van der Waals surface area (Å²) in [5, 5.41) is 0. The molecule has 1 aromatic rings. The van der Waals surface area contributed by atoms with Gasteiger partial charge in [0.15, 0.2) is 0 Å². The summed E-state index contributed by atoms with van der Waals surface area (Å²) in [5.41, 5.74) is 7.26. The lowest BCUT2D eigenvalue weighted by Gasteiger charge is -2.22. The average Bonchev–Trinajstić information content (AvgIpc) is 2.30. The van der Waals surface area contributed by atoms with E-state index in [1.165, 1.54) is 25.0 Å². The van der Waals surface area contributed by atoms with Gasteiger partial charge in [-0.3, -0.25) is 0 Å². The minimum Gasteiger partial charge on any atom is -0.324 e. The Bertz CT molecular complexity index is 294. The van der Waals surface area contributed by atoms with Crippen molar-refractivity contribution in [2.24, 2.45) is 11.7 Å². The third-order valence-corrected chi connectivity index (χ3v) is 3.22. The molecule has 2 atom stereocenters. The van der Waals surface area contributed by atoms with Crippen LogP contribution >= 0.6 is 0 Å². The molecule has 0 radical (unpaired) electrons. The third kappa shape index (κ3) is 3.60. The summed E-state index contributed by atoms with van der Waals surface area (Å²) in [6.07, 6.45) is 4.66.